The van der Waals surface area contributed by atoms with Crippen LogP contribution >= 0.6 is 11.6 Å². The number of amides is 1. The van der Waals surface area contributed by atoms with Gasteiger partial charge in [-0.1, -0.05) is 22.8 Å². The first kappa shape index (κ1) is 11.7. The second-order valence-corrected chi connectivity index (χ2v) is 4.17. The summed E-state index contributed by atoms with van der Waals surface area (Å²) in [6.45, 7) is 3.66. The van der Waals surface area contributed by atoms with Crippen molar-refractivity contribution in [2.75, 3.05) is 5.32 Å². The minimum Gasteiger partial charge on any atom is -0.364 e. The summed E-state index contributed by atoms with van der Waals surface area (Å²) in [5.41, 5.74) is 2.57. The van der Waals surface area contributed by atoms with Gasteiger partial charge in [0, 0.05) is 16.3 Å². The van der Waals surface area contributed by atoms with Crippen LogP contribution in [-0.4, -0.2) is 11.1 Å². The Balaban J connectivity index is 2.19. The number of benzene rings is 1. The molecule has 1 N–H and O–H groups in total. The van der Waals surface area contributed by atoms with Crippen LogP contribution in [0.15, 0.2) is 29.0 Å². The fraction of sp³-hybridized carbons (Fsp3) is 0.167. The Labute approximate surface area is 104 Å². The topological polar surface area (TPSA) is 55.1 Å². The van der Waals surface area contributed by atoms with Crippen LogP contribution in [0.4, 0.5) is 5.69 Å². The van der Waals surface area contributed by atoms with Crippen LogP contribution in [0.1, 0.15) is 21.6 Å². The Morgan fingerprint density at radius 3 is 2.71 bits per heavy atom. The van der Waals surface area contributed by atoms with Gasteiger partial charge in [-0.3, -0.25) is 4.79 Å². The van der Waals surface area contributed by atoms with Gasteiger partial charge in [0.05, 0.1) is 0 Å². The third kappa shape index (κ3) is 2.47. The van der Waals surface area contributed by atoms with E-state index in [0.29, 0.717) is 16.3 Å². The number of hydrogen-bond donors (Lipinski definition) is 1. The Bertz CT molecular complexity index is 563. The fourth-order valence-corrected chi connectivity index (χ4v) is 1.55. The second kappa shape index (κ2) is 4.59. The normalized spacial score (nSPS) is 10.3. The molecule has 0 unspecified atom stereocenters. The van der Waals surface area contributed by atoms with Crippen molar-refractivity contribution in [3.63, 3.8) is 0 Å². The largest absolute Gasteiger partial charge is 0.364 e. The molecule has 1 amide bonds. The van der Waals surface area contributed by atoms with Gasteiger partial charge in [-0.15, -0.1) is 0 Å². The van der Waals surface area contributed by atoms with Crippen LogP contribution in [0, 0.1) is 13.8 Å². The molecule has 1 aromatic carbocycles. The summed E-state index contributed by atoms with van der Waals surface area (Å²) in [7, 11) is 0. The molecular weight excluding hydrogens is 240 g/mol. The molecule has 4 nitrogen and oxygen atoms in total. The molecule has 88 valence electrons. The van der Waals surface area contributed by atoms with Crippen molar-refractivity contribution < 1.29 is 9.32 Å². The second-order valence-electron chi connectivity index (χ2n) is 3.76. The number of nitrogens with one attached hydrogen (secondary N) is 1. The first-order chi connectivity index (χ1) is 8.08. The Kier molecular flexibility index (Phi) is 3.15. The predicted octanol–water partition coefficient (Wildman–Crippen LogP) is 3.20. The van der Waals surface area contributed by atoms with Crippen molar-refractivity contribution in [2.24, 2.45) is 0 Å². The van der Waals surface area contributed by atoms with Crippen molar-refractivity contribution in [3.05, 3.63) is 46.3 Å². The molecule has 2 rings (SSSR count). The van der Waals surface area contributed by atoms with Crippen molar-refractivity contribution in [1.29, 1.82) is 0 Å². The van der Waals surface area contributed by atoms with E-state index in [4.69, 9.17) is 16.1 Å². The van der Waals surface area contributed by atoms with Crippen molar-refractivity contribution in [2.45, 2.75) is 13.8 Å². The average molecular weight is 251 g/mol. The monoisotopic (exact) mass is 250 g/mol. The van der Waals surface area contributed by atoms with Gasteiger partial charge >= 0.3 is 0 Å². The molecule has 0 atom stereocenters. The molecule has 2 aromatic rings. The van der Waals surface area contributed by atoms with Crippen molar-refractivity contribution in [1.82, 2.24) is 5.16 Å². The molecule has 0 radical (unpaired) electrons. The molecule has 0 spiro atoms. The van der Waals surface area contributed by atoms with Crippen LogP contribution in [0.2, 0.25) is 5.02 Å². The van der Waals surface area contributed by atoms with E-state index in [2.05, 4.69) is 10.5 Å². The highest BCUT2D eigenvalue weighted by Gasteiger charge is 2.13. The first-order valence-corrected chi connectivity index (χ1v) is 5.44. The number of rotatable bonds is 2. The minimum absolute atomic E-state index is 0.279. The lowest BCUT2D eigenvalue weighted by Crippen LogP contribution is -2.13. The molecule has 5 heteroatoms. The van der Waals surface area contributed by atoms with Gasteiger partial charge in [0.15, 0.2) is 5.69 Å². The van der Waals surface area contributed by atoms with Gasteiger partial charge < -0.3 is 9.84 Å². The smallest absolute Gasteiger partial charge is 0.278 e. The summed E-state index contributed by atoms with van der Waals surface area (Å²) in [5, 5.41) is 6.95. The van der Waals surface area contributed by atoms with E-state index in [-0.39, 0.29) is 11.6 Å². The average Bonchev–Trinajstić information content (AvgIpc) is 2.70. The van der Waals surface area contributed by atoms with Crippen molar-refractivity contribution in [3.8, 4) is 0 Å². The number of nitrogens with zero attached hydrogens (tertiary/aromatic N) is 1. The maximum absolute atomic E-state index is 11.8. The van der Waals surface area contributed by atoms with E-state index in [0.717, 1.165) is 5.56 Å². The third-order valence-electron chi connectivity index (χ3n) is 2.39. The van der Waals surface area contributed by atoms with Crippen LogP contribution in [0.5, 0.6) is 0 Å². The summed E-state index contributed by atoms with van der Waals surface area (Å²) < 4.78 is 4.71. The zero-order chi connectivity index (χ0) is 12.4. The lowest BCUT2D eigenvalue weighted by Gasteiger charge is -2.05. The summed E-state index contributed by atoms with van der Waals surface area (Å²) >= 11 is 5.97. The molecule has 0 aliphatic heterocycles. The number of aryl methyl sites for hydroxylation is 2. The van der Waals surface area contributed by atoms with E-state index in [1.807, 2.05) is 13.0 Å². The summed E-state index contributed by atoms with van der Waals surface area (Å²) in [6.07, 6.45) is 1.43. The molecule has 0 saturated heterocycles. The molecule has 17 heavy (non-hydrogen) atoms. The fourth-order valence-electron chi connectivity index (χ4n) is 1.37. The van der Waals surface area contributed by atoms with Crippen LogP contribution in [0.3, 0.4) is 0 Å². The molecule has 0 bridgehead atoms. The van der Waals surface area contributed by atoms with E-state index in [9.17, 15) is 4.79 Å². The number of anilines is 1. The summed E-state index contributed by atoms with van der Waals surface area (Å²) in [4.78, 5) is 11.8. The lowest BCUT2D eigenvalue weighted by molar-refractivity contribution is 0.101. The van der Waals surface area contributed by atoms with E-state index in [1.165, 1.54) is 6.26 Å². The molecule has 1 heterocycles. The highest BCUT2D eigenvalue weighted by Crippen LogP contribution is 2.20. The number of carbonyl (C=O) groups excluding carboxylic acids is 1. The zero-order valence-corrected chi connectivity index (χ0v) is 10.2. The van der Waals surface area contributed by atoms with E-state index >= 15 is 0 Å². The van der Waals surface area contributed by atoms with Gasteiger partial charge in [0.1, 0.15) is 6.26 Å². The van der Waals surface area contributed by atoms with Crippen molar-refractivity contribution >= 4 is 23.2 Å². The van der Waals surface area contributed by atoms with Gasteiger partial charge in [0.2, 0.25) is 0 Å². The molecular formula is C12H11ClN2O2. The molecule has 0 aliphatic rings. The third-order valence-corrected chi connectivity index (χ3v) is 2.80. The number of hydrogen-bond acceptors (Lipinski definition) is 3. The molecule has 0 saturated carbocycles. The summed E-state index contributed by atoms with van der Waals surface area (Å²) in [6, 6.07) is 5.33. The van der Waals surface area contributed by atoms with Gasteiger partial charge in [0.25, 0.3) is 5.91 Å². The number of carbonyl (C=O) groups is 1. The maximum atomic E-state index is 11.8. The first-order valence-electron chi connectivity index (χ1n) is 5.06. The molecule has 1 aromatic heterocycles. The van der Waals surface area contributed by atoms with E-state index in [1.54, 1.807) is 19.1 Å². The minimum atomic E-state index is -0.309. The predicted molar refractivity (Wildman–Crippen MR) is 65.4 cm³/mol. The zero-order valence-electron chi connectivity index (χ0n) is 9.45. The highest BCUT2D eigenvalue weighted by molar-refractivity contribution is 6.31. The number of aromatic nitrogens is 1. The highest BCUT2D eigenvalue weighted by atomic mass is 35.5. The molecule has 0 aliphatic carbocycles. The Morgan fingerprint density at radius 1 is 1.35 bits per heavy atom. The van der Waals surface area contributed by atoms with E-state index < -0.39 is 0 Å². The number of halogens is 1. The van der Waals surface area contributed by atoms with Crippen LogP contribution < -0.4 is 5.32 Å². The van der Waals surface area contributed by atoms with Crippen LogP contribution in [-0.2, 0) is 0 Å². The van der Waals surface area contributed by atoms with Crippen LogP contribution in [0.25, 0.3) is 0 Å². The SMILES string of the molecule is Cc1ccc(NC(=O)c2nocc2C)cc1Cl. The standard InChI is InChI=1S/C12H11ClN2O2/c1-7-3-4-9(5-10(7)13)14-12(16)11-8(2)6-17-15-11/h3-6H,1-2H3,(H,14,16). The Hall–Kier alpha value is -1.81. The van der Waals surface area contributed by atoms with Gasteiger partial charge in [-0.25, -0.2) is 0 Å². The van der Waals surface area contributed by atoms with Gasteiger partial charge in [-0.2, -0.15) is 0 Å². The quantitative estimate of drug-likeness (QED) is 0.891. The molecule has 0 fully saturated rings. The summed E-state index contributed by atoms with van der Waals surface area (Å²) in [5.74, 6) is -0.309. The maximum Gasteiger partial charge on any atom is 0.278 e. The lowest BCUT2D eigenvalue weighted by atomic mass is 10.2. The van der Waals surface area contributed by atoms with Gasteiger partial charge in [-0.05, 0) is 31.5 Å². The Morgan fingerprint density at radius 2 is 2.12 bits per heavy atom.